The fraction of sp³-hybridized carbons (Fsp3) is 0.537. The summed E-state index contributed by atoms with van der Waals surface area (Å²) in [4.78, 5) is 13.5. The first-order valence-corrected chi connectivity index (χ1v) is 18.9. The third kappa shape index (κ3) is 8.58. The van der Waals surface area contributed by atoms with Crippen molar-refractivity contribution in [3.63, 3.8) is 0 Å². The van der Waals surface area contributed by atoms with Crippen molar-refractivity contribution in [1.82, 2.24) is 16.0 Å². The zero-order chi connectivity index (χ0) is 37.7. The van der Waals surface area contributed by atoms with Crippen LogP contribution in [-0.4, -0.2) is 96.0 Å². The first kappa shape index (κ1) is 40.3. The maximum Gasteiger partial charge on any atom is 0.312 e. The molecule has 1 heterocycles. The molecule has 1 saturated carbocycles. The average molecular weight is 735 g/mol. The highest BCUT2D eigenvalue weighted by atomic mass is 16.6. The summed E-state index contributed by atoms with van der Waals surface area (Å²) >= 11 is 0. The number of methoxy groups -OCH3 is 3. The number of aliphatic hydroxyl groups excluding tert-OH is 1. The number of unbranched alkanes of at least 4 members (excludes halogenated alkanes) is 2. The molecule has 0 spiro atoms. The van der Waals surface area contributed by atoms with E-state index in [1.807, 2.05) is 30.3 Å². The number of nitrogens with one attached hydrogen (secondary N) is 3. The van der Waals surface area contributed by atoms with E-state index in [0.29, 0.717) is 35.0 Å². The van der Waals surface area contributed by atoms with Crippen molar-refractivity contribution < 1.29 is 38.7 Å². The zero-order valence-electron chi connectivity index (χ0n) is 31.4. The molecule has 0 unspecified atom stereocenters. The molecule has 0 radical (unpaired) electrons. The summed E-state index contributed by atoms with van der Waals surface area (Å²) < 4.78 is 29.6. The number of hydrogen-bond acceptors (Lipinski definition) is 12. The van der Waals surface area contributed by atoms with Gasteiger partial charge in [0.2, 0.25) is 0 Å². The molecule has 290 valence electrons. The molecule has 3 aromatic carbocycles. The minimum absolute atomic E-state index is 0.247. The maximum atomic E-state index is 13.5. The highest BCUT2D eigenvalue weighted by Crippen LogP contribution is 2.70. The van der Waals surface area contributed by atoms with Crippen LogP contribution in [0.4, 0.5) is 0 Å². The highest BCUT2D eigenvalue weighted by molar-refractivity contribution is 5.78. The number of carbonyl (C=O) groups excluding carboxylic acids is 1. The third-order valence-corrected chi connectivity index (χ3v) is 10.4. The monoisotopic (exact) mass is 734 g/mol. The molecule has 0 amide bonds. The molecular weight excluding hydrogens is 676 g/mol. The van der Waals surface area contributed by atoms with E-state index in [0.717, 1.165) is 71.5 Å². The minimum atomic E-state index is -2.12. The van der Waals surface area contributed by atoms with Crippen LogP contribution >= 0.6 is 0 Å². The summed E-state index contributed by atoms with van der Waals surface area (Å²) in [7, 11) is 4.34. The summed E-state index contributed by atoms with van der Waals surface area (Å²) in [5.74, 6) is -0.989. The van der Waals surface area contributed by atoms with Crippen molar-refractivity contribution in [2.75, 3.05) is 73.7 Å². The molecule has 5 rings (SSSR count). The molecule has 0 bridgehead atoms. The van der Waals surface area contributed by atoms with Crippen LogP contribution in [0.5, 0.6) is 23.0 Å². The van der Waals surface area contributed by atoms with E-state index in [4.69, 9.17) is 29.4 Å². The van der Waals surface area contributed by atoms with Gasteiger partial charge >= 0.3 is 5.97 Å². The van der Waals surface area contributed by atoms with Crippen molar-refractivity contribution in [3.05, 3.63) is 83.4 Å². The first-order chi connectivity index (χ1) is 25.9. The topological polar surface area (TPSA) is 166 Å². The smallest absolute Gasteiger partial charge is 0.312 e. The Morgan fingerprint density at radius 3 is 2.02 bits per heavy atom. The van der Waals surface area contributed by atoms with Gasteiger partial charge in [0.15, 0.2) is 11.2 Å². The normalized spacial score (nSPS) is 22.9. The molecule has 0 saturated heterocycles. The summed E-state index contributed by atoms with van der Waals surface area (Å²) in [6.07, 6.45) is 4.61. The Morgan fingerprint density at radius 2 is 1.42 bits per heavy atom. The van der Waals surface area contributed by atoms with E-state index in [1.165, 1.54) is 27.1 Å². The number of nitrogens with two attached hydrogens (primary N) is 1. The van der Waals surface area contributed by atoms with Crippen LogP contribution < -0.4 is 40.6 Å². The first-order valence-electron chi connectivity index (χ1n) is 18.9. The number of esters is 1. The Bertz CT molecular complexity index is 1580. The van der Waals surface area contributed by atoms with E-state index in [9.17, 15) is 15.0 Å². The number of carbonyl (C=O) groups is 1. The number of fused-ring (bicyclic) bond motifs is 3. The predicted molar refractivity (Wildman–Crippen MR) is 204 cm³/mol. The lowest BCUT2D eigenvalue weighted by molar-refractivity contribution is -0.161. The lowest BCUT2D eigenvalue weighted by Crippen LogP contribution is -2.52. The number of aliphatic hydroxyl groups is 2. The van der Waals surface area contributed by atoms with E-state index >= 15 is 0 Å². The van der Waals surface area contributed by atoms with E-state index in [-0.39, 0.29) is 11.3 Å². The minimum Gasteiger partial charge on any atom is -0.497 e. The number of benzene rings is 3. The van der Waals surface area contributed by atoms with Crippen LogP contribution in [0.2, 0.25) is 0 Å². The van der Waals surface area contributed by atoms with E-state index < -0.39 is 35.1 Å². The standard InChI is InChI=1S/C41H58N4O8/c1-49-31-17-15-30(16-18-31)41-36(29-13-5-4-6-14-29)35(39(47)51-3)38(46)40(41,48)37-33(50-2)27-32(28-34(37)53-41)52-26-10-9-22-45-25-12-24-44-21-8-7-20-43-23-11-19-42/h4-6,13-18,27-28,35-36,38,43-46,48H,7-12,19-26,42H2,1-3H3/t35-,36-,38-,40+,41+/m1/s1. The van der Waals surface area contributed by atoms with Crippen LogP contribution in [0.15, 0.2) is 66.7 Å². The quantitative estimate of drug-likeness (QED) is 0.0621. The second-order valence-corrected chi connectivity index (χ2v) is 13.7. The predicted octanol–water partition coefficient (Wildman–Crippen LogP) is 3.57. The van der Waals surface area contributed by atoms with Gasteiger partial charge in [-0.3, -0.25) is 4.79 Å². The van der Waals surface area contributed by atoms with Crippen molar-refractivity contribution >= 4 is 5.97 Å². The Morgan fingerprint density at radius 1 is 0.792 bits per heavy atom. The van der Waals surface area contributed by atoms with Crippen molar-refractivity contribution in [2.45, 2.75) is 61.7 Å². The SMILES string of the molecule is COC(=O)[C@H]1[C@@H](O)[C@@]2(O)c3c(OC)cc(OCCCCNCCCNCCCCNCCCN)cc3O[C@@]2(c2ccc(OC)cc2)[C@@H]1c1ccccc1. The zero-order valence-corrected chi connectivity index (χ0v) is 31.4. The van der Waals surface area contributed by atoms with Crippen LogP contribution in [0, 0.1) is 5.92 Å². The second kappa shape index (κ2) is 19.4. The van der Waals surface area contributed by atoms with Gasteiger partial charge in [0.1, 0.15) is 29.1 Å². The van der Waals surface area contributed by atoms with Crippen molar-refractivity contribution in [2.24, 2.45) is 11.7 Å². The van der Waals surface area contributed by atoms with Gasteiger partial charge in [-0.1, -0.05) is 42.5 Å². The largest absolute Gasteiger partial charge is 0.497 e. The van der Waals surface area contributed by atoms with Gasteiger partial charge in [0.25, 0.3) is 0 Å². The molecule has 12 heteroatoms. The van der Waals surface area contributed by atoms with E-state index in [1.54, 1.807) is 43.5 Å². The summed E-state index contributed by atoms with van der Waals surface area (Å²) in [6, 6.07) is 19.8. The second-order valence-electron chi connectivity index (χ2n) is 13.7. The molecule has 1 fully saturated rings. The summed E-state index contributed by atoms with van der Waals surface area (Å²) in [6.45, 7) is 7.15. The number of hydrogen-bond donors (Lipinski definition) is 6. The average Bonchev–Trinajstić information content (AvgIpc) is 3.57. The van der Waals surface area contributed by atoms with Crippen molar-refractivity contribution in [3.8, 4) is 23.0 Å². The Balaban J connectivity index is 1.24. The molecule has 53 heavy (non-hydrogen) atoms. The lowest BCUT2D eigenvalue weighted by atomic mass is 9.70. The number of rotatable bonds is 23. The fourth-order valence-corrected chi connectivity index (χ4v) is 7.85. The van der Waals surface area contributed by atoms with Crippen LogP contribution in [0.3, 0.4) is 0 Å². The molecular formula is C41H58N4O8. The molecule has 3 aromatic rings. The van der Waals surface area contributed by atoms with Gasteiger partial charge < -0.3 is 55.6 Å². The summed E-state index contributed by atoms with van der Waals surface area (Å²) in [5, 5.41) is 35.6. The van der Waals surface area contributed by atoms with Gasteiger partial charge in [-0.25, -0.2) is 0 Å². The number of ether oxygens (including phenoxy) is 5. The molecule has 1 aliphatic carbocycles. The fourth-order valence-electron chi connectivity index (χ4n) is 7.85. The highest BCUT2D eigenvalue weighted by Gasteiger charge is 2.78. The van der Waals surface area contributed by atoms with Crippen LogP contribution in [0.25, 0.3) is 0 Å². The molecule has 0 aromatic heterocycles. The Labute approximate surface area is 313 Å². The maximum absolute atomic E-state index is 13.5. The van der Waals surface area contributed by atoms with Crippen LogP contribution in [-0.2, 0) is 20.7 Å². The van der Waals surface area contributed by atoms with Gasteiger partial charge in [-0.05, 0) is 108 Å². The molecule has 7 N–H and O–H groups in total. The third-order valence-electron chi connectivity index (χ3n) is 10.4. The van der Waals surface area contributed by atoms with Crippen molar-refractivity contribution in [1.29, 1.82) is 0 Å². The van der Waals surface area contributed by atoms with E-state index in [2.05, 4.69) is 16.0 Å². The van der Waals surface area contributed by atoms with Gasteiger partial charge in [0, 0.05) is 18.1 Å². The van der Waals surface area contributed by atoms with Gasteiger partial charge in [-0.15, -0.1) is 0 Å². The molecule has 12 nitrogen and oxygen atoms in total. The Hall–Kier alpha value is -3.91. The summed E-state index contributed by atoms with van der Waals surface area (Å²) in [5.41, 5.74) is 3.22. The van der Waals surface area contributed by atoms with Gasteiger partial charge in [-0.2, -0.15) is 0 Å². The molecule has 2 aliphatic rings. The van der Waals surface area contributed by atoms with Gasteiger partial charge in [0.05, 0.1) is 39.4 Å². The molecule has 1 aliphatic heterocycles. The van der Waals surface area contributed by atoms with Crippen LogP contribution in [0.1, 0.15) is 61.1 Å². The Kier molecular flexibility index (Phi) is 14.8. The molecule has 5 atom stereocenters. The lowest BCUT2D eigenvalue weighted by Gasteiger charge is -2.40.